The maximum absolute atomic E-state index is 12.8. The minimum atomic E-state index is -0.128. The van der Waals surface area contributed by atoms with E-state index in [-0.39, 0.29) is 11.8 Å². The van der Waals surface area contributed by atoms with Gasteiger partial charge in [0.05, 0.1) is 10.9 Å². The molecule has 1 aliphatic rings. The lowest BCUT2D eigenvalue weighted by Crippen LogP contribution is -2.34. The number of aromatic hydroxyl groups is 1. The molecule has 0 bridgehead atoms. The van der Waals surface area contributed by atoms with Gasteiger partial charge in [0.1, 0.15) is 5.75 Å². The highest BCUT2D eigenvalue weighted by atomic mass is 32.1. The van der Waals surface area contributed by atoms with E-state index in [2.05, 4.69) is 4.98 Å². The number of fused-ring (bicyclic) bond motifs is 1. The minimum absolute atomic E-state index is 0.128. The Morgan fingerprint density at radius 2 is 2.36 bits per heavy atom. The van der Waals surface area contributed by atoms with E-state index in [0.717, 1.165) is 41.8 Å². The largest absolute Gasteiger partial charge is 0.508 e. The van der Waals surface area contributed by atoms with Crippen LogP contribution in [0.2, 0.25) is 0 Å². The Labute approximate surface area is 134 Å². The summed E-state index contributed by atoms with van der Waals surface area (Å²) < 4.78 is 0. The van der Waals surface area contributed by atoms with Gasteiger partial charge < -0.3 is 10.0 Å². The van der Waals surface area contributed by atoms with Gasteiger partial charge in [-0.25, -0.2) is 4.98 Å². The van der Waals surface area contributed by atoms with Crippen LogP contribution in [-0.2, 0) is 17.6 Å². The molecule has 0 saturated carbocycles. The van der Waals surface area contributed by atoms with Crippen LogP contribution in [0, 0.1) is 0 Å². The molecule has 1 heterocycles. The molecule has 1 aromatic heterocycles. The van der Waals surface area contributed by atoms with E-state index in [0.29, 0.717) is 12.3 Å². The molecule has 0 radical (unpaired) electrons. The fraction of sp³-hybridized carbons (Fsp3) is 0.412. The number of phenols is 1. The number of hydrogen-bond acceptors (Lipinski definition) is 4. The molecule has 0 aliphatic heterocycles. The average molecular weight is 316 g/mol. The first kappa shape index (κ1) is 15.0. The maximum Gasteiger partial charge on any atom is 0.229 e. The van der Waals surface area contributed by atoms with E-state index in [9.17, 15) is 9.90 Å². The number of likely N-dealkylation sites (N-methyl/N-ethyl adjacent to an activating group) is 1. The first-order valence-electron chi connectivity index (χ1n) is 7.61. The number of amides is 1. The number of rotatable bonds is 4. The molecular formula is C17H20N2O2S. The van der Waals surface area contributed by atoms with Gasteiger partial charge in [0, 0.05) is 31.6 Å². The highest BCUT2D eigenvalue weighted by Crippen LogP contribution is 2.37. The van der Waals surface area contributed by atoms with E-state index in [1.54, 1.807) is 28.5 Å². The number of benzene rings is 1. The summed E-state index contributed by atoms with van der Waals surface area (Å²) >= 11 is 1.62. The van der Waals surface area contributed by atoms with Gasteiger partial charge in [0.25, 0.3) is 0 Å². The van der Waals surface area contributed by atoms with Crippen molar-refractivity contribution in [2.75, 3.05) is 13.6 Å². The molecule has 116 valence electrons. The molecule has 1 atom stereocenters. The molecular weight excluding hydrogens is 296 g/mol. The Balaban J connectivity index is 1.71. The van der Waals surface area contributed by atoms with Gasteiger partial charge in [0.2, 0.25) is 5.91 Å². The van der Waals surface area contributed by atoms with E-state index >= 15 is 0 Å². The second-order valence-electron chi connectivity index (χ2n) is 5.73. The SMILES string of the molecule is CN(CCc1nccs1)C(=O)C1CCCc2c(O)cccc21. The molecule has 3 rings (SSSR count). The highest BCUT2D eigenvalue weighted by Gasteiger charge is 2.29. The van der Waals surface area contributed by atoms with Gasteiger partial charge in [-0.3, -0.25) is 4.79 Å². The molecule has 1 unspecified atom stereocenters. The third-order valence-electron chi connectivity index (χ3n) is 4.30. The van der Waals surface area contributed by atoms with Crippen molar-refractivity contribution >= 4 is 17.2 Å². The predicted molar refractivity (Wildman–Crippen MR) is 87.2 cm³/mol. The first-order valence-corrected chi connectivity index (χ1v) is 8.49. The number of aromatic nitrogens is 1. The van der Waals surface area contributed by atoms with Crippen molar-refractivity contribution in [3.05, 3.63) is 45.9 Å². The standard InChI is InChI=1S/C17H20N2O2S/c1-19(10-8-16-18-9-11-22-16)17(21)14-6-2-5-13-12(14)4-3-7-15(13)20/h3-4,7,9,11,14,20H,2,5-6,8,10H2,1H3. The normalized spacial score (nSPS) is 17.0. The molecule has 1 aliphatic carbocycles. The third kappa shape index (κ3) is 2.99. The van der Waals surface area contributed by atoms with Crippen LogP contribution in [0.3, 0.4) is 0 Å². The van der Waals surface area contributed by atoms with E-state index in [1.807, 2.05) is 24.6 Å². The van der Waals surface area contributed by atoms with Gasteiger partial charge in [-0.2, -0.15) is 0 Å². The predicted octanol–water partition coefficient (Wildman–Crippen LogP) is 2.97. The number of nitrogens with zero attached hydrogens (tertiary/aromatic N) is 2. The minimum Gasteiger partial charge on any atom is -0.508 e. The van der Waals surface area contributed by atoms with Crippen LogP contribution in [-0.4, -0.2) is 34.5 Å². The Bertz CT molecular complexity index is 655. The van der Waals surface area contributed by atoms with Gasteiger partial charge in [-0.05, 0) is 36.5 Å². The van der Waals surface area contributed by atoms with Gasteiger partial charge in [-0.15, -0.1) is 11.3 Å². The smallest absolute Gasteiger partial charge is 0.229 e. The quantitative estimate of drug-likeness (QED) is 0.943. The molecule has 1 N–H and O–H groups in total. The summed E-state index contributed by atoms with van der Waals surface area (Å²) in [5, 5.41) is 13.0. The summed E-state index contributed by atoms with van der Waals surface area (Å²) in [6.07, 6.45) is 5.24. The monoisotopic (exact) mass is 316 g/mol. The van der Waals surface area contributed by atoms with Crippen LogP contribution in [0.15, 0.2) is 29.8 Å². The van der Waals surface area contributed by atoms with Gasteiger partial charge >= 0.3 is 0 Å². The summed E-state index contributed by atoms with van der Waals surface area (Å²) in [4.78, 5) is 18.8. The number of phenolic OH excluding ortho intramolecular Hbond substituents is 1. The average Bonchev–Trinajstić information content (AvgIpc) is 3.05. The molecule has 22 heavy (non-hydrogen) atoms. The summed E-state index contributed by atoms with van der Waals surface area (Å²) in [6.45, 7) is 0.678. The number of hydrogen-bond donors (Lipinski definition) is 1. The van der Waals surface area contributed by atoms with Crippen LogP contribution < -0.4 is 0 Å². The molecule has 0 saturated heterocycles. The summed E-state index contributed by atoms with van der Waals surface area (Å²) in [6, 6.07) is 5.51. The Morgan fingerprint density at radius 1 is 1.50 bits per heavy atom. The number of thiazole rings is 1. The maximum atomic E-state index is 12.8. The van der Waals surface area contributed by atoms with Crippen molar-refractivity contribution in [1.82, 2.24) is 9.88 Å². The van der Waals surface area contributed by atoms with Gasteiger partial charge in [0.15, 0.2) is 0 Å². The lowest BCUT2D eigenvalue weighted by atomic mass is 9.81. The van der Waals surface area contributed by atoms with Crippen molar-refractivity contribution in [2.24, 2.45) is 0 Å². The molecule has 0 spiro atoms. The Morgan fingerprint density at radius 3 is 3.14 bits per heavy atom. The third-order valence-corrected chi connectivity index (χ3v) is 5.14. The summed E-state index contributed by atoms with van der Waals surface area (Å²) in [5.41, 5.74) is 1.94. The van der Waals surface area contributed by atoms with Crippen LogP contribution in [0.4, 0.5) is 0 Å². The molecule has 2 aromatic rings. The number of carbonyl (C=O) groups is 1. The topological polar surface area (TPSA) is 53.4 Å². The fourth-order valence-corrected chi connectivity index (χ4v) is 3.71. The van der Waals surface area contributed by atoms with Crippen molar-refractivity contribution in [3.8, 4) is 5.75 Å². The molecule has 0 fully saturated rings. The summed E-state index contributed by atoms with van der Waals surface area (Å²) in [5.74, 6) is 0.334. The van der Waals surface area contributed by atoms with Crippen molar-refractivity contribution < 1.29 is 9.90 Å². The van der Waals surface area contributed by atoms with Crippen LogP contribution in [0.5, 0.6) is 5.75 Å². The molecule has 4 nitrogen and oxygen atoms in total. The fourth-order valence-electron chi connectivity index (χ4n) is 3.10. The first-order chi connectivity index (χ1) is 10.7. The molecule has 1 aromatic carbocycles. The summed E-state index contributed by atoms with van der Waals surface area (Å²) in [7, 11) is 1.85. The Kier molecular flexibility index (Phi) is 4.43. The zero-order chi connectivity index (χ0) is 15.5. The lowest BCUT2D eigenvalue weighted by Gasteiger charge is -2.29. The van der Waals surface area contributed by atoms with E-state index < -0.39 is 0 Å². The zero-order valence-corrected chi connectivity index (χ0v) is 13.5. The van der Waals surface area contributed by atoms with Crippen molar-refractivity contribution in [3.63, 3.8) is 0 Å². The van der Waals surface area contributed by atoms with Crippen LogP contribution >= 0.6 is 11.3 Å². The van der Waals surface area contributed by atoms with E-state index in [1.165, 1.54) is 0 Å². The van der Waals surface area contributed by atoms with Crippen LogP contribution in [0.1, 0.15) is 34.9 Å². The van der Waals surface area contributed by atoms with Crippen molar-refractivity contribution in [1.29, 1.82) is 0 Å². The van der Waals surface area contributed by atoms with Crippen LogP contribution in [0.25, 0.3) is 0 Å². The molecule has 5 heteroatoms. The lowest BCUT2D eigenvalue weighted by molar-refractivity contribution is -0.131. The second-order valence-corrected chi connectivity index (χ2v) is 6.70. The second kappa shape index (κ2) is 6.48. The highest BCUT2D eigenvalue weighted by molar-refractivity contribution is 7.09. The van der Waals surface area contributed by atoms with E-state index in [4.69, 9.17) is 0 Å². The molecule has 1 amide bonds. The van der Waals surface area contributed by atoms with Crippen molar-refractivity contribution in [2.45, 2.75) is 31.6 Å². The van der Waals surface area contributed by atoms with Gasteiger partial charge in [-0.1, -0.05) is 12.1 Å². The number of carbonyl (C=O) groups excluding carboxylic acids is 1. The Hall–Kier alpha value is -1.88. The zero-order valence-electron chi connectivity index (χ0n) is 12.7.